The van der Waals surface area contributed by atoms with Gasteiger partial charge in [0.05, 0.1) is 16.2 Å². The Hall–Kier alpha value is -2.26. The Balaban J connectivity index is 1.89. The zero-order valence-electron chi connectivity index (χ0n) is 14.7. The quantitative estimate of drug-likeness (QED) is 0.551. The second-order valence-electron chi connectivity index (χ2n) is 6.11. The van der Waals surface area contributed by atoms with Crippen LogP contribution in [0.1, 0.15) is 15.9 Å². The normalized spacial score (nSPS) is 11.2. The monoisotopic (exact) mass is 492 g/mol. The average molecular weight is 492 g/mol. The number of hydrogen-bond donors (Lipinski definition) is 1. The van der Waals surface area contributed by atoms with Crippen molar-refractivity contribution in [3.05, 3.63) is 75.5 Å². The Labute approximate surface area is 171 Å². The van der Waals surface area contributed by atoms with Gasteiger partial charge in [-0.3, -0.25) is 9.78 Å². The molecule has 5 nitrogen and oxygen atoms in total. The van der Waals surface area contributed by atoms with Crippen LogP contribution >= 0.6 is 22.6 Å². The third-order valence-electron chi connectivity index (χ3n) is 4.05. The molecule has 7 heteroatoms. The van der Waals surface area contributed by atoms with E-state index >= 15 is 0 Å². The molecule has 0 atom stereocenters. The Morgan fingerprint density at radius 3 is 2.48 bits per heavy atom. The van der Waals surface area contributed by atoms with Crippen molar-refractivity contribution in [1.29, 1.82) is 0 Å². The first-order chi connectivity index (χ1) is 12.8. The molecule has 2 aromatic carbocycles. The Bertz CT molecular complexity index is 1110. The highest BCUT2D eigenvalue weighted by atomic mass is 127. The summed E-state index contributed by atoms with van der Waals surface area (Å²) in [5.41, 5.74) is 3.89. The van der Waals surface area contributed by atoms with Crippen LogP contribution in [0.2, 0.25) is 0 Å². The molecule has 3 rings (SSSR count). The molecule has 0 bridgehead atoms. The summed E-state index contributed by atoms with van der Waals surface area (Å²) in [7, 11) is -3.31. The van der Waals surface area contributed by atoms with E-state index in [0.29, 0.717) is 14.8 Å². The zero-order valence-corrected chi connectivity index (χ0v) is 17.7. The van der Waals surface area contributed by atoms with Crippen molar-refractivity contribution in [3.63, 3.8) is 0 Å². The van der Waals surface area contributed by atoms with Gasteiger partial charge in [-0.15, -0.1) is 0 Å². The summed E-state index contributed by atoms with van der Waals surface area (Å²) < 4.78 is 23.9. The Morgan fingerprint density at radius 1 is 1.07 bits per heavy atom. The number of nitrogens with zero attached hydrogens (tertiary/aromatic N) is 1. The summed E-state index contributed by atoms with van der Waals surface area (Å²) in [6.07, 6.45) is 2.87. The van der Waals surface area contributed by atoms with E-state index < -0.39 is 9.84 Å². The predicted molar refractivity (Wildman–Crippen MR) is 115 cm³/mol. The van der Waals surface area contributed by atoms with E-state index in [1.54, 1.807) is 6.20 Å². The highest BCUT2D eigenvalue weighted by molar-refractivity contribution is 14.1. The molecule has 0 saturated heterocycles. The summed E-state index contributed by atoms with van der Waals surface area (Å²) in [5, 5.41) is 2.87. The number of halogens is 1. The molecule has 0 aliphatic carbocycles. The largest absolute Gasteiger partial charge is 0.322 e. The molecule has 0 saturated carbocycles. The highest BCUT2D eigenvalue weighted by Gasteiger charge is 2.15. The number of carbonyl (C=O) groups excluding carboxylic acids is 1. The topological polar surface area (TPSA) is 76.1 Å². The first-order valence-corrected chi connectivity index (χ1v) is 11.1. The van der Waals surface area contributed by atoms with Crippen molar-refractivity contribution in [1.82, 2.24) is 4.98 Å². The van der Waals surface area contributed by atoms with Crippen LogP contribution in [-0.2, 0) is 9.84 Å². The van der Waals surface area contributed by atoms with Gasteiger partial charge in [0.15, 0.2) is 9.84 Å². The lowest BCUT2D eigenvalue weighted by molar-refractivity contribution is 0.102. The van der Waals surface area contributed by atoms with Crippen LogP contribution in [0.25, 0.3) is 11.3 Å². The van der Waals surface area contributed by atoms with Crippen LogP contribution < -0.4 is 5.32 Å². The molecule has 138 valence electrons. The minimum absolute atomic E-state index is 0.191. The summed E-state index contributed by atoms with van der Waals surface area (Å²) in [6.45, 7) is 1.99. The highest BCUT2D eigenvalue weighted by Crippen LogP contribution is 2.26. The molecular formula is C20H17IN2O3S. The fourth-order valence-electron chi connectivity index (χ4n) is 2.61. The number of carbonyl (C=O) groups is 1. The molecule has 0 spiro atoms. The predicted octanol–water partition coefficient (Wildman–Crippen LogP) is 4.32. The van der Waals surface area contributed by atoms with Crippen molar-refractivity contribution in [2.45, 2.75) is 11.8 Å². The number of rotatable bonds is 4. The van der Waals surface area contributed by atoms with E-state index in [1.165, 1.54) is 18.2 Å². The van der Waals surface area contributed by atoms with E-state index in [2.05, 4.69) is 10.3 Å². The van der Waals surface area contributed by atoms with Crippen LogP contribution in [0.5, 0.6) is 0 Å². The molecular weight excluding hydrogens is 475 g/mol. The van der Waals surface area contributed by atoms with Crippen LogP contribution in [-0.4, -0.2) is 25.6 Å². The van der Waals surface area contributed by atoms with Gasteiger partial charge in [0.25, 0.3) is 5.91 Å². The minimum atomic E-state index is -3.31. The summed E-state index contributed by atoms with van der Waals surface area (Å²) in [6, 6.07) is 15.8. The first-order valence-electron chi connectivity index (χ1n) is 8.09. The standard InChI is InChI=1S/C20H17IN2O3S/c1-13-6-7-14(11-17(13)19-5-3-4-10-22-19)23-20(24)16-9-8-15(12-18(16)21)27(2,25)26/h3-12H,1-2H3,(H,23,24). The zero-order chi connectivity index (χ0) is 19.6. The van der Waals surface area contributed by atoms with E-state index in [4.69, 9.17) is 0 Å². The number of pyridine rings is 1. The molecule has 27 heavy (non-hydrogen) atoms. The maximum absolute atomic E-state index is 12.6. The van der Waals surface area contributed by atoms with Crippen LogP contribution in [0.3, 0.4) is 0 Å². The van der Waals surface area contributed by atoms with Crippen molar-refractivity contribution >= 4 is 44.0 Å². The third-order valence-corrected chi connectivity index (χ3v) is 6.05. The molecule has 0 aliphatic rings. The molecule has 0 fully saturated rings. The summed E-state index contributed by atoms with van der Waals surface area (Å²) >= 11 is 1.97. The number of aryl methyl sites for hydroxylation is 1. The average Bonchev–Trinajstić information content (AvgIpc) is 2.63. The lowest BCUT2D eigenvalue weighted by Crippen LogP contribution is -2.14. The number of anilines is 1. The number of nitrogens with one attached hydrogen (secondary N) is 1. The number of hydrogen-bond acceptors (Lipinski definition) is 4. The van der Waals surface area contributed by atoms with Gasteiger partial charge in [-0.25, -0.2) is 8.42 Å². The number of benzene rings is 2. The second-order valence-corrected chi connectivity index (χ2v) is 9.29. The Kier molecular flexibility index (Phi) is 5.61. The Morgan fingerprint density at radius 2 is 1.85 bits per heavy atom. The molecule has 1 amide bonds. The van der Waals surface area contributed by atoms with Gasteiger partial charge in [-0.1, -0.05) is 12.1 Å². The smallest absolute Gasteiger partial charge is 0.256 e. The van der Waals surface area contributed by atoms with Crippen LogP contribution in [0.4, 0.5) is 5.69 Å². The third kappa shape index (κ3) is 4.54. The van der Waals surface area contributed by atoms with Crippen LogP contribution in [0, 0.1) is 10.5 Å². The van der Waals surface area contributed by atoms with Gasteiger partial charge >= 0.3 is 0 Å². The van der Waals surface area contributed by atoms with E-state index in [9.17, 15) is 13.2 Å². The fourth-order valence-corrected chi connectivity index (χ4v) is 4.23. The van der Waals surface area contributed by atoms with E-state index in [0.717, 1.165) is 23.1 Å². The minimum Gasteiger partial charge on any atom is -0.322 e. The maximum Gasteiger partial charge on any atom is 0.256 e. The maximum atomic E-state index is 12.6. The molecule has 0 radical (unpaired) electrons. The lowest BCUT2D eigenvalue weighted by Gasteiger charge is -2.11. The lowest BCUT2D eigenvalue weighted by atomic mass is 10.0. The van der Waals surface area contributed by atoms with Gasteiger partial charge in [-0.2, -0.15) is 0 Å². The van der Waals surface area contributed by atoms with Crippen molar-refractivity contribution in [3.8, 4) is 11.3 Å². The molecule has 1 heterocycles. The van der Waals surface area contributed by atoms with Crippen LogP contribution in [0.15, 0.2) is 65.7 Å². The summed E-state index contributed by atoms with van der Waals surface area (Å²) in [4.78, 5) is 17.2. The number of aromatic nitrogens is 1. The molecule has 1 aromatic heterocycles. The fraction of sp³-hybridized carbons (Fsp3) is 0.100. The molecule has 0 aliphatic heterocycles. The second kappa shape index (κ2) is 7.77. The summed E-state index contributed by atoms with van der Waals surface area (Å²) in [5.74, 6) is -0.296. The van der Waals surface area contributed by atoms with Crippen molar-refractivity contribution in [2.75, 3.05) is 11.6 Å². The van der Waals surface area contributed by atoms with E-state index in [1.807, 2.05) is 65.9 Å². The number of amides is 1. The van der Waals surface area contributed by atoms with Gasteiger partial charge in [0.1, 0.15) is 0 Å². The SMILES string of the molecule is Cc1ccc(NC(=O)c2ccc(S(C)(=O)=O)cc2I)cc1-c1ccccn1. The van der Waals surface area contributed by atoms with Crippen molar-refractivity contribution < 1.29 is 13.2 Å². The van der Waals surface area contributed by atoms with Crippen molar-refractivity contribution in [2.24, 2.45) is 0 Å². The molecule has 3 aromatic rings. The van der Waals surface area contributed by atoms with Gasteiger partial charge in [-0.05, 0) is 77.5 Å². The van der Waals surface area contributed by atoms with Gasteiger partial charge in [0, 0.05) is 27.3 Å². The van der Waals surface area contributed by atoms with E-state index in [-0.39, 0.29) is 10.8 Å². The van der Waals surface area contributed by atoms with Gasteiger partial charge < -0.3 is 5.32 Å². The first kappa shape index (κ1) is 19.5. The van der Waals surface area contributed by atoms with Gasteiger partial charge in [0.2, 0.25) is 0 Å². The number of sulfone groups is 1. The molecule has 1 N–H and O–H groups in total. The molecule has 0 unspecified atom stereocenters.